The molecule has 7 nitrogen and oxygen atoms in total. The number of amides is 1. The van der Waals surface area contributed by atoms with E-state index in [1.807, 2.05) is 20.8 Å². The summed E-state index contributed by atoms with van der Waals surface area (Å²) in [5.41, 5.74) is 4.77. The second-order valence-electron chi connectivity index (χ2n) is 8.04. The number of hydrogen-bond acceptors (Lipinski definition) is 5. The van der Waals surface area contributed by atoms with E-state index in [0.717, 1.165) is 60.6 Å². The van der Waals surface area contributed by atoms with Crippen molar-refractivity contribution in [2.45, 2.75) is 72.1 Å². The first-order valence-corrected chi connectivity index (χ1v) is 9.41. The molecule has 0 fully saturated rings. The third-order valence-corrected chi connectivity index (χ3v) is 4.96. The summed E-state index contributed by atoms with van der Waals surface area (Å²) in [4.78, 5) is 14.3. The lowest BCUT2D eigenvalue weighted by Gasteiger charge is -2.29. The second-order valence-corrected chi connectivity index (χ2v) is 8.04. The van der Waals surface area contributed by atoms with Gasteiger partial charge < -0.3 is 14.2 Å². The lowest BCUT2D eigenvalue weighted by Crippen LogP contribution is -2.39. The highest BCUT2D eigenvalue weighted by atomic mass is 16.6. The van der Waals surface area contributed by atoms with Crippen LogP contribution in [0.15, 0.2) is 4.52 Å². The van der Waals surface area contributed by atoms with Gasteiger partial charge >= 0.3 is 6.09 Å². The van der Waals surface area contributed by atoms with Crippen LogP contribution >= 0.6 is 0 Å². The van der Waals surface area contributed by atoms with Gasteiger partial charge in [-0.3, -0.25) is 4.68 Å². The van der Waals surface area contributed by atoms with E-state index in [1.54, 1.807) is 4.90 Å². The van der Waals surface area contributed by atoms with Crippen LogP contribution in [-0.2, 0) is 37.1 Å². The number of carbonyl (C=O) groups is 1. The molecule has 0 atom stereocenters. The molecule has 2 aromatic rings. The summed E-state index contributed by atoms with van der Waals surface area (Å²) < 4.78 is 13.2. The predicted molar refractivity (Wildman–Crippen MR) is 95.8 cm³/mol. The van der Waals surface area contributed by atoms with Crippen molar-refractivity contribution in [3.63, 3.8) is 0 Å². The van der Waals surface area contributed by atoms with E-state index < -0.39 is 5.60 Å². The number of aromatic nitrogens is 3. The molecule has 0 bridgehead atoms. The van der Waals surface area contributed by atoms with E-state index in [1.165, 1.54) is 5.56 Å². The van der Waals surface area contributed by atoms with Gasteiger partial charge in [0.1, 0.15) is 17.1 Å². The van der Waals surface area contributed by atoms with Crippen LogP contribution in [0.4, 0.5) is 4.79 Å². The molecule has 0 radical (unpaired) electrons. The molecule has 0 aliphatic carbocycles. The molecule has 4 heterocycles. The van der Waals surface area contributed by atoms with Gasteiger partial charge in [0.05, 0.1) is 17.9 Å². The third kappa shape index (κ3) is 2.89. The lowest BCUT2D eigenvalue weighted by molar-refractivity contribution is 0.0224. The van der Waals surface area contributed by atoms with Crippen molar-refractivity contribution in [2.75, 3.05) is 6.54 Å². The largest absolute Gasteiger partial charge is 0.444 e. The van der Waals surface area contributed by atoms with Gasteiger partial charge in [-0.1, -0.05) is 12.1 Å². The van der Waals surface area contributed by atoms with E-state index >= 15 is 0 Å². The summed E-state index contributed by atoms with van der Waals surface area (Å²) in [5, 5.41) is 9.18. The van der Waals surface area contributed by atoms with Gasteiger partial charge in [0.25, 0.3) is 0 Å². The Bertz CT molecular complexity index is 844. The van der Waals surface area contributed by atoms with Gasteiger partial charge in [0.15, 0.2) is 0 Å². The van der Waals surface area contributed by atoms with E-state index in [4.69, 9.17) is 14.4 Å². The Morgan fingerprint density at radius 2 is 2.04 bits per heavy atom. The smallest absolute Gasteiger partial charge is 0.410 e. The maximum Gasteiger partial charge on any atom is 0.410 e. The molecule has 2 aromatic heterocycles. The highest BCUT2D eigenvalue weighted by Crippen LogP contribution is 2.36. The first-order chi connectivity index (χ1) is 12.4. The van der Waals surface area contributed by atoms with Gasteiger partial charge in [0, 0.05) is 37.1 Å². The Balaban J connectivity index is 1.71. The Labute approximate surface area is 153 Å². The Morgan fingerprint density at radius 1 is 1.23 bits per heavy atom. The van der Waals surface area contributed by atoms with Crippen LogP contribution in [0.3, 0.4) is 0 Å². The number of nitrogens with zero attached hydrogens (tertiary/aromatic N) is 4. The maximum atomic E-state index is 12.5. The normalized spacial score (nSPS) is 16.5. The molecular weight excluding hydrogens is 332 g/mol. The zero-order valence-electron chi connectivity index (χ0n) is 16.0. The number of ether oxygens (including phenoxy) is 1. The molecular formula is C19H26N4O3. The molecule has 2 aliphatic heterocycles. The average Bonchev–Trinajstić information content (AvgIpc) is 3.08. The van der Waals surface area contributed by atoms with Crippen molar-refractivity contribution in [1.82, 2.24) is 19.8 Å². The fourth-order valence-electron chi connectivity index (χ4n) is 3.81. The summed E-state index contributed by atoms with van der Waals surface area (Å²) >= 11 is 0. The highest BCUT2D eigenvalue weighted by Gasteiger charge is 2.33. The lowest BCUT2D eigenvalue weighted by atomic mass is 10.00. The predicted octanol–water partition coefficient (Wildman–Crippen LogP) is 3.34. The van der Waals surface area contributed by atoms with Gasteiger partial charge in [0.2, 0.25) is 0 Å². The molecule has 0 saturated heterocycles. The van der Waals surface area contributed by atoms with Gasteiger partial charge in [-0.15, -0.1) is 0 Å². The number of hydrogen-bond donors (Lipinski definition) is 0. The number of aryl methyl sites for hydroxylation is 2. The molecule has 2 aliphatic rings. The summed E-state index contributed by atoms with van der Waals surface area (Å²) in [6.45, 7) is 9.76. The molecule has 4 rings (SSSR count). The van der Waals surface area contributed by atoms with E-state index in [0.29, 0.717) is 13.1 Å². The zero-order chi connectivity index (χ0) is 18.5. The monoisotopic (exact) mass is 358 g/mol. The van der Waals surface area contributed by atoms with E-state index in [-0.39, 0.29) is 6.09 Å². The molecule has 0 N–H and O–H groups in total. The quantitative estimate of drug-likeness (QED) is 0.782. The van der Waals surface area contributed by atoms with Gasteiger partial charge in [-0.25, -0.2) is 4.79 Å². The minimum atomic E-state index is -0.497. The Hall–Kier alpha value is -2.31. The van der Waals surface area contributed by atoms with Crippen LogP contribution in [0.1, 0.15) is 56.7 Å². The van der Waals surface area contributed by atoms with Crippen molar-refractivity contribution in [3.8, 4) is 11.4 Å². The molecule has 0 aromatic carbocycles. The first kappa shape index (κ1) is 17.1. The summed E-state index contributed by atoms with van der Waals surface area (Å²) in [6.07, 6.45) is 3.28. The van der Waals surface area contributed by atoms with Crippen LogP contribution in [0.25, 0.3) is 11.4 Å². The third-order valence-electron chi connectivity index (χ3n) is 4.96. The molecule has 26 heavy (non-hydrogen) atoms. The van der Waals surface area contributed by atoms with Crippen molar-refractivity contribution >= 4 is 6.09 Å². The molecule has 0 spiro atoms. The number of carbonyl (C=O) groups excluding carboxylic acids is 1. The second kappa shape index (κ2) is 6.14. The summed E-state index contributed by atoms with van der Waals surface area (Å²) in [6, 6.07) is 0. The molecule has 7 heteroatoms. The van der Waals surface area contributed by atoms with Crippen molar-refractivity contribution < 1.29 is 14.1 Å². The van der Waals surface area contributed by atoms with Crippen molar-refractivity contribution in [2.24, 2.45) is 0 Å². The molecule has 0 unspecified atom stereocenters. The fraction of sp³-hybridized carbons (Fsp3) is 0.632. The first-order valence-electron chi connectivity index (χ1n) is 9.41. The standard InChI is InChI=1S/C19H26N4O3/c1-5-15-12-7-6-9-23-17(16(12)21-26-15)13-11-22(10-8-14(13)20-23)18(24)25-19(2,3)4/h5-11H2,1-4H3. The highest BCUT2D eigenvalue weighted by molar-refractivity contribution is 5.71. The summed E-state index contributed by atoms with van der Waals surface area (Å²) in [7, 11) is 0. The van der Waals surface area contributed by atoms with Crippen LogP contribution in [-0.4, -0.2) is 38.1 Å². The number of rotatable bonds is 1. The van der Waals surface area contributed by atoms with Gasteiger partial charge in [-0.05, 0) is 33.6 Å². The van der Waals surface area contributed by atoms with Crippen LogP contribution < -0.4 is 0 Å². The minimum Gasteiger partial charge on any atom is -0.444 e. The maximum absolute atomic E-state index is 12.5. The van der Waals surface area contributed by atoms with Crippen LogP contribution in [0, 0.1) is 0 Å². The molecule has 140 valence electrons. The molecule has 0 saturated carbocycles. The Morgan fingerprint density at radius 3 is 2.77 bits per heavy atom. The van der Waals surface area contributed by atoms with Crippen LogP contribution in [0.2, 0.25) is 0 Å². The summed E-state index contributed by atoms with van der Waals surface area (Å²) in [5.74, 6) is 0.961. The number of fused-ring (bicyclic) bond motifs is 5. The average molecular weight is 358 g/mol. The van der Waals surface area contributed by atoms with Crippen LogP contribution in [0.5, 0.6) is 0 Å². The van der Waals surface area contributed by atoms with E-state index in [2.05, 4.69) is 16.8 Å². The van der Waals surface area contributed by atoms with Crippen molar-refractivity contribution in [1.29, 1.82) is 0 Å². The minimum absolute atomic E-state index is 0.272. The topological polar surface area (TPSA) is 73.4 Å². The zero-order valence-corrected chi connectivity index (χ0v) is 16.0. The Kier molecular flexibility index (Phi) is 4.04. The SMILES string of the molecule is CCc1onc2c1CCCn1nc3c(c1-2)CN(C(=O)OC(C)(C)C)CC3. The fourth-order valence-corrected chi connectivity index (χ4v) is 3.81. The van der Waals surface area contributed by atoms with Gasteiger partial charge in [-0.2, -0.15) is 5.10 Å². The van der Waals surface area contributed by atoms with Crippen molar-refractivity contribution in [3.05, 3.63) is 22.6 Å². The van der Waals surface area contributed by atoms with E-state index in [9.17, 15) is 4.79 Å². The molecule has 1 amide bonds.